The number of aromatic nitrogens is 3. The molecule has 2 heterocycles. The molecule has 2 aromatic heterocycles. The predicted octanol–water partition coefficient (Wildman–Crippen LogP) is 2.52. The highest BCUT2D eigenvalue weighted by molar-refractivity contribution is 5.45. The Morgan fingerprint density at radius 1 is 1.20 bits per heavy atom. The van der Waals surface area contributed by atoms with Crippen molar-refractivity contribution in [3.05, 3.63) is 41.0 Å². The molecule has 0 amide bonds. The average molecular weight is 272 g/mol. The number of nitrogens with zero attached hydrogens (tertiary/aromatic N) is 3. The Balaban J connectivity index is 2.23. The molecule has 2 rings (SSSR count). The molecule has 0 bridgehead atoms. The van der Waals surface area contributed by atoms with Crippen LogP contribution in [0.4, 0.5) is 5.82 Å². The minimum absolute atomic E-state index is 0.614. The van der Waals surface area contributed by atoms with Gasteiger partial charge in [-0.25, -0.2) is 15.0 Å². The monoisotopic (exact) mass is 272 g/mol. The van der Waals surface area contributed by atoms with Crippen molar-refractivity contribution < 1.29 is 4.74 Å². The van der Waals surface area contributed by atoms with Crippen LogP contribution < -0.4 is 10.1 Å². The molecular weight excluding hydrogens is 252 g/mol. The Bertz CT molecular complexity index is 581. The van der Waals surface area contributed by atoms with Gasteiger partial charge in [-0.3, -0.25) is 0 Å². The Hall–Kier alpha value is -2.17. The summed E-state index contributed by atoms with van der Waals surface area (Å²) in [5, 5.41) is 3.27. The second kappa shape index (κ2) is 6.32. The first kappa shape index (κ1) is 14.2. The van der Waals surface area contributed by atoms with E-state index in [1.165, 1.54) is 0 Å². The molecule has 0 saturated carbocycles. The van der Waals surface area contributed by atoms with Crippen LogP contribution in [0.3, 0.4) is 0 Å². The van der Waals surface area contributed by atoms with E-state index in [0.29, 0.717) is 12.3 Å². The van der Waals surface area contributed by atoms with Gasteiger partial charge in [-0.1, -0.05) is 6.07 Å². The molecule has 106 valence electrons. The zero-order valence-electron chi connectivity index (χ0n) is 12.4. The van der Waals surface area contributed by atoms with Gasteiger partial charge >= 0.3 is 0 Å². The van der Waals surface area contributed by atoms with Crippen molar-refractivity contribution in [2.75, 3.05) is 19.0 Å². The van der Waals surface area contributed by atoms with Crippen LogP contribution in [0.5, 0.6) is 5.88 Å². The second-order valence-electron chi connectivity index (χ2n) is 4.61. The molecule has 5 nitrogen and oxygen atoms in total. The van der Waals surface area contributed by atoms with Gasteiger partial charge in [0.25, 0.3) is 0 Å². The maximum atomic E-state index is 5.05. The Morgan fingerprint density at radius 2 is 2.00 bits per heavy atom. The Labute approximate surface area is 119 Å². The molecule has 1 N–H and O–H groups in total. The van der Waals surface area contributed by atoms with Gasteiger partial charge in [0.05, 0.1) is 7.11 Å². The van der Waals surface area contributed by atoms with Gasteiger partial charge in [-0.15, -0.1) is 0 Å². The summed E-state index contributed by atoms with van der Waals surface area (Å²) in [6.07, 6.45) is 2.46. The maximum Gasteiger partial charge on any atom is 0.212 e. The SMILES string of the molecule is CCNc1nc(Cc2ccc(OC)nc2)nc(C)c1C. The quantitative estimate of drug-likeness (QED) is 0.906. The molecule has 0 aromatic carbocycles. The summed E-state index contributed by atoms with van der Waals surface area (Å²) < 4.78 is 5.05. The number of hydrogen-bond acceptors (Lipinski definition) is 5. The van der Waals surface area contributed by atoms with Crippen molar-refractivity contribution in [3.63, 3.8) is 0 Å². The fraction of sp³-hybridized carbons (Fsp3) is 0.400. The highest BCUT2D eigenvalue weighted by atomic mass is 16.5. The molecule has 0 radical (unpaired) electrons. The van der Waals surface area contributed by atoms with Crippen LogP contribution in [-0.2, 0) is 6.42 Å². The molecule has 5 heteroatoms. The van der Waals surface area contributed by atoms with Gasteiger partial charge < -0.3 is 10.1 Å². The molecule has 0 aliphatic heterocycles. The number of ether oxygens (including phenoxy) is 1. The third kappa shape index (κ3) is 3.23. The molecule has 0 fully saturated rings. The van der Waals surface area contributed by atoms with Crippen LogP contribution in [0, 0.1) is 13.8 Å². The fourth-order valence-electron chi connectivity index (χ4n) is 1.92. The number of methoxy groups -OCH3 is 1. The smallest absolute Gasteiger partial charge is 0.212 e. The van der Waals surface area contributed by atoms with E-state index in [-0.39, 0.29) is 0 Å². The number of pyridine rings is 1. The summed E-state index contributed by atoms with van der Waals surface area (Å²) in [4.78, 5) is 13.3. The number of anilines is 1. The lowest BCUT2D eigenvalue weighted by molar-refractivity contribution is 0.397. The normalized spacial score (nSPS) is 10.4. The number of aryl methyl sites for hydroxylation is 1. The van der Waals surface area contributed by atoms with Gasteiger partial charge in [-0.05, 0) is 26.3 Å². The number of nitrogens with one attached hydrogen (secondary N) is 1. The molecule has 0 atom stereocenters. The van der Waals surface area contributed by atoms with Crippen molar-refractivity contribution in [2.45, 2.75) is 27.2 Å². The van der Waals surface area contributed by atoms with E-state index in [9.17, 15) is 0 Å². The Kier molecular flexibility index (Phi) is 4.50. The minimum atomic E-state index is 0.614. The van der Waals surface area contributed by atoms with E-state index in [2.05, 4.69) is 27.2 Å². The first-order valence-corrected chi connectivity index (χ1v) is 6.71. The van der Waals surface area contributed by atoms with E-state index >= 15 is 0 Å². The van der Waals surface area contributed by atoms with Crippen LogP contribution >= 0.6 is 0 Å². The van der Waals surface area contributed by atoms with Crippen molar-refractivity contribution in [1.82, 2.24) is 15.0 Å². The first-order chi connectivity index (χ1) is 9.63. The van der Waals surface area contributed by atoms with Crippen LogP contribution in [-0.4, -0.2) is 28.6 Å². The summed E-state index contributed by atoms with van der Waals surface area (Å²) in [6.45, 7) is 6.95. The third-order valence-corrected chi connectivity index (χ3v) is 3.15. The summed E-state index contributed by atoms with van der Waals surface area (Å²) in [6, 6.07) is 3.83. The maximum absolute atomic E-state index is 5.05. The van der Waals surface area contributed by atoms with Gasteiger partial charge in [0.15, 0.2) is 0 Å². The summed E-state index contributed by atoms with van der Waals surface area (Å²) in [5.74, 6) is 2.33. The van der Waals surface area contributed by atoms with Crippen LogP contribution in [0.15, 0.2) is 18.3 Å². The highest BCUT2D eigenvalue weighted by Gasteiger charge is 2.08. The molecule has 2 aromatic rings. The molecule has 0 aliphatic rings. The standard InChI is InChI=1S/C15H20N4O/c1-5-16-15-10(2)11(3)18-13(19-15)8-12-6-7-14(20-4)17-9-12/h6-7,9H,5,8H2,1-4H3,(H,16,18,19). The van der Waals surface area contributed by atoms with Crippen LogP contribution in [0.25, 0.3) is 0 Å². The fourth-order valence-corrected chi connectivity index (χ4v) is 1.92. The van der Waals surface area contributed by atoms with E-state index in [4.69, 9.17) is 4.74 Å². The lowest BCUT2D eigenvalue weighted by atomic mass is 10.2. The highest BCUT2D eigenvalue weighted by Crippen LogP contribution is 2.17. The van der Waals surface area contributed by atoms with Crippen molar-refractivity contribution in [2.24, 2.45) is 0 Å². The van der Waals surface area contributed by atoms with E-state index in [0.717, 1.165) is 35.0 Å². The van der Waals surface area contributed by atoms with Crippen molar-refractivity contribution in [3.8, 4) is 5.88 Å². The average Bonchev–Trinajstić information content (AvgIpc) is 2.45. The lowest BCUT2D eigenvalue weighted by Crippen LogP contribution is -2.08. The molecule has 0 spiro atoms. The van der Waals surface area contributed by atoms with E-state index in [1.54, 1.807) is 13.3 Å². The molecule has 0 aliphatic carbocycles. The van der Waals surface area contributed by atoms with Gasteiger partial charge in [0, 0.05) is 36.5 Å². The van der Waals surface area contributed by atoms with E-state index < -0.39 is 0 Å². The van der Waals surface area contributed by atoms with Gasteiger partial charge in [-0.2, -0.15) is 0 Å². The van der Waals surface area contributed by atoms with Crippen LogP contribution in [0.1, 0.15) is 29.6 Å². The molecule has 20 heavy (non-hydrogen) atoms. The summed E-state index contributed by atoms with van der Waals surface area (Å²) in [5.41, 5.74) is 3.17. The predicted molar refractivity (Wildman–Crippen MR) is 79.3 cm³/mol. The third-order valence-electron chi connectivity index (χ3n) is 3.15. The molecular formula is C15H20N4O. The summed E-state index contributed by atoms with van der Waals surface area (Å²) >= 11 is 0. The summed E-state index contributed by atoms with van der Waals surface area (Å²) in [7, 11) is 1.61. The number of hydrogen-bond donors (Lipinski definition) is 1. The second-order valence-corrected chi connectivity index (χ2v) is 4.61. The zero-order chi connectivity index (χ0) is 14.5. The van der Waals surface area contributed by atoms with Crippen LogP contribution in [0.2, 0.25) is 0 Å². The molecule has 0 saturated heterocycles. The largest absolute Gasteiger partial charge is 0.481 e. The zero-order valence-corrected chi connectivity index (χ0v) is 12.4. The first-order valence-electron chi connectivity index (χ1n) is 6.71. The minimum Gasteiger partial charge on any atom is -0.481 e. The number of rotatable bonds is 5. The lowest BCUT2D eigenvalue weighted by Gasteiger charge is -2.11. The van der Waals surface area contributed by atoms with Gasteiger partial charge in [0.1, 0.15) is 11.6 Å². The van der Waals surface area contributed by atoms with Gasteiger partial charge in [0.2, 0.25) is 5.88 Å². The topological polar surface area (TPSA) is 59.9 Å². The molecule has 0 unspecified atom stereocenters. The van der Waals surface area contributed by atoms with Crippen molar-refractivity contribution in [1.29, 1.82) is 0 Å². The Morgan fingerprint density at radius 3 is 2.60 bits per heavy atom. The van der Waals surface area contributed by atoms with E-state index in [1.807, 2.05) is 26.0 Å². The van der Waals surface area contributed by atoms with Crippen molar-refractivity contribution >= 4 is 5.82 Å².